The number of ether oxygens (including phenoxy) is 2. The van der Waals surface area contributed by atoms with Crippen molar-refractivity contribution in [3.63, 3.8) is 0 Å². The van der Waals surface area contributed by atoms with Gasteiger partial charge in [0.2, 0.25) is 0 Å². The SMILES string of the molecule is CCOc1ccc(C(=O)Nc2ccccc2)cc1OCC. The van der Waals surface area contributed by atoms with Gasteiger partial charge in [-0.2, -0.15) is 0 Å². The minimum Gasteiger partial charge on any atom is -0.490 e. The van der Waals surface area contributed by atoms with Crippen molar-refractivity contribution in [2.45, 2.75) is 13.8 Å². The number of carbonyl (C=O) groups is 1. The van der Waals surface area contributed by atoms with Crippen molar-refractivity contribution in [1.82, 2.24) is 0 Å². The van der Waals surface area contributed by atoms with Gasteiger partial charge in [0.05, 0.1) is 13.2 Å². The van der Waals surface area contributed by atoms with Gasteiger partial charge < -0.3 is 14.8 Å². The van der Waals surface area contributed by atoms with Crippen molar-refractivity contribution >= 4 is 11.6 Å². The topological polar surface area (TPSA) is 47.6 Å². The van der Waals surface area contributed by atoms with Gasteiger partial charge in [-0.1, -0.05) is 18.2 Å². The lowest BCUT2D eigenvalue weighted by Crippen LogP contribution is -2.12. The smallest absolute Gasteiger partial charge is 0.255 e. The molecule has 1 amide bonds. The number of nitrogens with one attached hydrogen (secondary N) is 1. The van der Waals surface area contributed by atoms with Crippen LogP contribution >= 0.6 is 0 Å². The molecule has 2 rings (SSSR count). The molecule has 0 fully saturated rings. The maximum atomic E-state index is 12.2. The molecule has 21 heavy (non-hydrogen) atoms. The Kier molecular flexibility index (Phi) is 5.21. The number of anilines is 1. The molecule has 0 unspecified atom stereocenters. The zero-order valence-corrected chi connectivity index (χ0v) is 12.3. The lowest BCUT2D eigenvalue weighted by Gasteiger charge is -2.12. The minimum atomic E-state index is -0.176. The van der Waals surface area contributed by atoms with E-state index >= 15 is 0 Å². The van der Waals surface area contributed by atoms with Crippen molar-refractivity contribution in [2.24, 2.45) is 0 Å². The lowest BCUT2D eigenvalue weighted by molar-refractivity contribution is 0.102. The summed E-state index contributed by atoms with van der Waals surface area (Å²) in [5.74, 6) is 1.06. The summed E-state index contributed by atoms with van der Waals surface area (Å²) in [6.45, 7) is 4.87. The summed E-state index contributed by atoms with van der Waals surface area (Å²) in [6, 6.07) is 14.5. The standard InChI is InChI=1S/C17H19NO3/c1-3-20-15-11-10-13(12-16(15)21-4-2)17(19)18-14-8-6-5-7-9-14/h5-12H,3-4H2,1-2H3,(H,18,19). The van der Waals surface area contributed by atoms with E-state index in [-0.39, 0.29) is 5.91 Å². The number of para-hydroxylation sites is 1. The fourth-order valence-corrected chi connectivity index (χ4v) is 1.92. The van der Waals surface area contributed by atoms with Crippen LogP contribution in [0, 0.1) is 0 Å². The second-order valence-corrected chi connectivity index (χ2v) is 4.35. The van der Waals surface area contributed by atoms with Crippen LogP contribution in [-0.4, -0.2) is 19.1 Å². The molecular formula is C17H19NO3. The molecule has 1 N–H and O–H groups in total. The Morgan fingerprint density at radius 1 is 0.952 bits per heavy atom. The minimum absolute atomic E-state index is 0.176. The molecule has 0 aliphatic carbocycles. The Morgan fingerprint density at radius 2 is 1.62 bits per heavy atom. The highest BCUT2D eigenvalue weighted by Gasteiger charge is 2.11. The number of hydrogen-bond donors (Lipinski definition) is 1. The first-order valence-corrected chi connectivity index (χ1v) is 7.00. The zero-order chi connectivity index (χ0) is 15.1. The highest BCUT2D eigenvalue weighted by atomic mass is 16.5. The third kappa shape index (κ3) is 3.99. The van der Waals surface area contributed by atoms with Gasteiger partial charge >= 0.3 is 0 Å². The fourth-order valence-electron chi connectivity index (χ4n) is 1.92. The fraction of sp³-hybridized carbons (Fsp3) is 0.235. The third-order valence-corrected chi connectivity index (χ3v) is 2.84. The van der Waals surface area contributed by atoms with Gasteiger partial charge in [0.1, 0.15) is 0 Å². The second kappa shape index (κ2) is 7.33. The molecule has 0 saturated carbocycles. The van der Waals surface area contributed by atoms with Gasteiger partial charge in [0.15, 0.2) is 11.5 Å². The van der Waals surface area contributed by atoms with Gasteiger partial charge in [0.25, 0.3) is 5.91 Å². The quantitative estimate of drug-likeness (QED) is 0.879. The molecule has 0 radical (unpaired) electrons. The Balaban J connectivity index is 2.19. The highest BCUT2D eigenvalue weighted by molar-refractivity contribution is 6.04. The number of benzene rings is 2. The van der Waals surface area contributed by atoms with E-state index < -0.39 is 0 Å². The molecule has 0 spiro atoms. The molecule has 2 aromatic carbocycles. The average Bonchev–Trinajstić information content (AvgIpc) is 2.50. The van der Waals surface area contributed by atoms with E-state index in [2.05, 4.69) is 5.32 Å². The van der Waals surface area contributed by atoms with Crippen molar-refractivity contribution in [3.05, 3.63) is 54.1 Å². The first kappa shape index (κ1) is 14.9. The number of amides is 1. The van der Waals surface area contributed by atoms with E-state index in [4.69, 9.17) is 9.47 Å². The van der Waals surface area contributed by atoms with E-state index in [1.165, 1.54) is 0 Å². The van der Waals surface area contributed by atoms with Crippen LogP contribution in [0.4, 0.5) is 5.69 Å². The molecular weight excluding hydrogens is 266 g/mol. The normalized spacial score (nSPS) is 10.0. The Hall–Kier alpha value is -2.49. The second-order valence-electron chi connectivity index (χ2n) is 4.35. The molecule has 0 heterocycles. The third-order valence-electron chi connectivity index (χ3n) is 2.84. The molecule has 0 bridgehead atoms. The van der Waals surface area contributed by atoms with Crippen LogP contribution in [0.2, 0.25) is 0 Å². The summed E-state index contributed by atoms with van der Waals surface area (Å²) in [4.78, 5) is 12.2. The number of hydrogen-bond acceptors (Lipinski definition) is 3. The van der Waals surface area contributed by atoms with Gasteiger partial charge in [-0.25, -0.2) is 0 Å². The van der Waals surface area contributed by atoms with Crippen LogP contribution in [0.25, 0.3) is 0 Å². The van der Waals surface area contributed by atoms with Crippen molar-refractivity contribution in [2.75, 3.05) is 18.5 Å². The van der Waals surface area contributed by atoms with Gasteiger partial charge in [-0.05, 0) is 44.2 Å². The van der Waals surface area contributed by atoms with Gasteiger partial charge in [0, 0.05) is 11.3 Å². The summed E-state index contributed by atoms with van der Waals surface area (Å²) in [6.07, 6.45) is 0. The molecule has 4 heteroatoms. The molecule has 0 aliphatic rings. The molecule has 0 aromatic heterocycles. The molecule has 0 saturated heterocycles. The summed E-state index contributed by atoms with van der Waals surface area (Å²) < 4.78 is 11.0. The summed E-state index contributed by atoms with van der Waals surface area (Å²) in [7, 11) is 0. The first-order valence-electron chi connectivity index (χ1n) is 7.00. The molecule has 4 nitrogen and oxygen atoms in total. The van der Waals surface area contributed by atoms with Crippen LogP contribution in [0.3, 0.4) is 0 Å². The van der Waals surface area contributed by atoms with Crippen LogP contribution in [0.1, 0.15) is 24.2 Å². The van der Waals surface area contributed by atoms with Gasteiger partial charge in [-0.15, -0.1) is 0 Å². The van der Waals surface area contributed by atoms with Crippen LogP contribution in [-0.2, 0) is 0 Å². The van der Waals surface area contributed by atoms with Crippen molar-refractivity contribution in [1.29, 1.82) is 0 Å². The van der Waals surface area contributed by atoms with Gasteiger partial charge in [-0.3, -0.25) is 4.79 Å². The molecule has 0 atom stereocenters. The van der Waals surface area contributed by atoms with Crippen LogP contribution in [0.5, 0.6) is 11.5 Å². The van der Waals surface area contributed by atoms with Crippen molar-refractivity contribution < 1.29 is 14.3 Å². The Bertz CT molecular complexity index is 596. The highest BCUT2D eigenvalue weighted by Crippen LogP contribution is 2.28. The van der Waals surface area contributed by atoms with E-state index in [0.29, 0.717) is 30.3 Å². The largest absolute Gasteiger partial charge is 0.490 e. The first-order chi connectivity index (χ1) is 10.2. The summed E-state index contributed by atoms with van der Waals surface area (Å²) in [5, 5.41) is 2.84. The predicted octanol–water partition coefficient (Wildman–Crippen LogP) is 3.74. The lowest BCUT2D eigenvalue weighted by atomic mass is 10.2. The van der Waals surface area contributed by atoms with Crippen LogP contribution < -0.4 is 14.8 Å². The van der Waals surface area contributed by atoms with Crippen LogP contribution in [0.15, 0.2) is 48.5 Å². The predicted molar refractivity (Wildman–Crippen MR) is 83.2 cm³/mol. The Morgan fingerprint density at radius 3 is 2.29 bits per heavy atom. The summed E-state index contributed by atoms with van der Waals surface area (Å²) >= 11 is 0. The summed E-state index contributed by atoms with van der Waals surface area (Å²) in [5.41, 5.74) is 1.29. The maximum absolute atomic E-state index is 12.2. The van der Waals surface area contributed by atoms with E-state index in [0.717, 1.165) is 5.69 Å². The maximum Gasteiger partial charge on any atom is 0.255 e. The van der Waals surface area contributed by atoms with E-state index in [1.54, 1.807) is 18.2 Å². The Labute approximate surface area is 124 Å². The van der Waals surface area contributed by atoms with Crippen molar-refractivity contribution in [3.8, 4) is 11.5 Å². The molecule has 110 valence electrons. The van der Waals surface area contributed by atoms with E-state index in [9.17, 15) is 4.79 Å². The molecule has 0 aliphatic heterocycles. The monoisotopic (exact) mass is 285 g/mol. The zero-order valence-electron chi connectivity index (χ0n) is 12.3. The van der Waals surface area contributed by atoms with E-state index in [1.807, 2.05) is 44.2 Å². The average molecular weight is 285 g/mol. The number of carbonyl (C=O) groups excluding carboxylic acids is 1. The molecule has 2 aromatic rings. The number of rotatable bonds is 6.